The summed E-state index contributed by atoms with van der Waals surface area (Å²) in [6.45, 7) is 1.79. The zero-order chi connectivity index (χ0) is 12.8. The molecule has 0 saturated carbocycles. The number of amides is 1. The van der Waals surface area contributed by atoms with Crippen molar-refractivity contribution in [3.8, 4) is 6.07 Å². The summed E-state index contributed by atoms with van der Waals surface area (Å²) in [5, 5.41) is 12.1. The molecule has 0 radical (unpaired) electrons. The third-order valence-electron chi connectivity index (χ3n) is 2.15. The number of nitriles is 1. The van der Waals surface area contributed by atoms with Gasteiger partial charge in [-0.3, -0.25) is 4.79 Å². The van der Waals surface area contributed by atoms with Crippen molar-refractivity contribution in [1.29, 1.82) is 5.26 Å². The first-order chi connectivity index (χ1) is 8.02. The van der Waals surface area contributed by atoms with E-state index < -0.39 is 0 Å². The van der Waals surface area contributed by atoms with Gasteiger partial charge in [-0.15, -0.1) is 0 Å². The van der Waals surface area contributed by atoms with Crippen LogP contribution < -0.4 is 5.32 Å². The zero-order valence-corrected chi connectivity index (χ0v) is 10.8. The average molecular weight is 271 g/mol. The van der Waals surface area contributed by atoms with Gasteiger partial charge >= 0.3 is 0 Å². The zero-order valence-electron chi connectivity index (χ0n) is 9.34. The average Bonchev–Trinajstić information content (AvgIpc) is 2.23. The number of hydrogen-bond acceptors (Lipinski definition) is 2. The van der Waals surface area contributed by atoms with Gasteiger partial charge in [-0.05, 0) is 24.6 Å². The molecular weight excluding hydrogens is 259 g/mol. The minimum atomic E-state index is -0.143. The second-order valence-electron chi connectivity index (χ2n) is 3.76. The maximum absolute atomic E-state index is 11.6. The molecule has 3 nitrogen and oxygen atoms in total. The van der Waals surface area contributed by atoms with Gasteiger partial charge in [-0.2, -0.15) is 5.26 Å². The van der Waals surface area contributed by atoms with E-state index >= 15 is 0 Å². The summed E-state index contributed by atoms with van der Waals surface area (Å²) in [4.78, 5) is 11.6. The van der Waals surface area contributed by atoms with E-state index in [1.807, 2.05) is 6.07 Å². The van der Waals surface area contributed by atoms with Crippen molar-refractivity contribution in [2.45, 2.75) is 25.8 Å². The summed E-state index contributed by atoms with van der Waals surface area (Å²) >= 11 is 11.6. The summed E-state index contributed by atoms with van der Waals surface area (Å²) in [6.07, 6.45) is 0.528. The van der Waals surface area contributed by atoms with Crippen LogP contribution in [0.2, 0.25) is 10.0 Å². The molecule has 1 atom stereocenters. The normalized spacial score (nSPS) is 11.6. The first kappa shape index (κ1) is 13.8. The van der Waals surface area contributed by atoms with Gasteiger partial charge in [0.2, 0.25) is 5.91 Å². The summed E-state index contributed by atoms with van der Waals surface area (Å²) in [5.41, 5.74) is 0.793. The number of halogens is 2. The van der Waals surface area contributed by atoms with Crippen LogP contribution in [0.1, 0.15) is 18.9 Å². The first-order valence-corrected chi connectivity index (χ1v) is 5.88. The SMILES string of the molecule is CC(CC#N)NC(=O)Cc1ccc(Cl)c(Cl)c1. The Balaban J connectivity index is 2.57. The Labute approximate surface area is 110 Å². The molecule has 1 rings (SSSR count). The molecule has 90 valence electrons. The van der Waals surface area contributed by atoms with Crippen molar-refractivity contribution in [2.75, 3.05) is 0 Å². The molecule has 0 aliphatic rings. The molecular formula is C12H12Cl2N2O. The van der Waals surface area contributed by atoms with Crippen LogP contribution in [0.4, 0.5) is 0 Å². The summed E-state index contributed by atoms with van der Waals surface area (Å²) in [5.74, 6) is -0.133. The van der Waals surface area contributed by atoms with E-state index in [0.717, 1.165) is 5.56 Å². The van der Waals surface area contributed by atoms with Crippen molar-refractivity contribution in [1.82, 2.24) is 5.32 Å². The Morgan fingerprint density at radius 2 is 2.18 bits per heavy atom. The van der Waals surface area contributed by atoms with E-state index in [0.29, 0.717) is 16.5 Å². The monoisotopic (exact) mass is 270 g/mol. The maximum atomic E-state index is 11.6. The molecule has 0 aliphatic heterocycles. The smallest absolute Gasteiger partial charge is 0.224 e. The molecule has 0 fully saturated rings. The quantitative estimate of drug-likeness (QED) is 0.915. The van der Waals surface area contributed by atoms with Gasteiger partial charge in [0.15, 0.2) is 0 Å². The van der Waals surface area contributed by atoms with Gasteiger partial charge in [0.1, 0.15) is 0 Å². The fraction of sp³-hybridized carbons (Fsp3) is 0.333. The van der Waals surface area contributed by atoms with Crippen molar-refractivity contribution in [3.05, 3.63) is 33.8 Å². The van der Waals surface area contributed by atoms with Crippen LogP contribution >= 0.6 is 23.2 Å². The van der Waals surface area contributed by atoms with Crippen LogP contribution in [0.15, 0.2) is 18.2 Å². The number of rotatable bonds is 4. The lowest BCUT2D eigenvalue weighted by molar-refractivity contribution is -0.121. The lowest BCUT2D eigenvalue weighted by atomic mass is 10.1. The largest absolute Gasteiger partial charge is 0.352 e. The number of benzene rings is 1. The number of carbonyl (C=O) groups excluding carboxylic acids is 1. The van der Waals surface area contributed by atoms with Gasteiger partial charge in [0.05, 0.1) is 29.0 Å². The van der Waals surface area contributed by atoms with E-state index in [9.17, 15) is 4.79 Å². The summed E-state index contributed by atoms with van der Waals surface area (Å²) in [7, 11) is 0. The highest BCUT2D eigenvalue weighted by molar-refractivity contribution is 6.42. The standard InChI is InChI=1S/C12H12Cl2N2O/c1-8(4-5-15)16-12(17)7-9-2-3-10(13)11(14)6-9/h2-3,6,8H,4,7H2,1H3,(H,16,17). The summed E-state index contributed by atoms with van der Waals surface area (Å²) < 4.78 is 0. The lowest BCUT2D eigenvalue weighted by Gasteiger charge is -2.10. The second-order valence-corrected chi connectivity index (χ2v) is 4.57. The third kappa shape index (κ3) is 4.64. The van der Waals surface area contributed by atoms with Gasteiger partial charge in [-0.1, -0.05) is 29.3 Å². The van der Waals surface area contributed by atoms with Gasteiger partial charge in [0.25, 0.3) is 0 Å². The second kappa shape index (κ2) is 6.48. The molecule has 0 aliphatic carbocycles. The van der Waals surface area contributed by atoms with Crippen LogP contribution in [0.5, 0.6) is 0 Å². The lowest BCUT2D eigenvalue weighted by Crippen LogP contribution is -2.33. The Kier molecular flexibility index (Phi) is 5.27. The highest BCUT2D eigenvalue weighted by Gasteiger charge is 2.08. The predicted molar refractivity (Wildman–Crippen MR) is 68.0 cm³/mol. The fourth-order valence-corrected chi connectivity index (χ4v) is 1.67. The molecule has 5 heteroatoms. The number of nitrogens with zero attached hydrogens (tertiary/aromatic N) is 1. The topological polar surface area (TPSA) is 52.9 Å². The van der Waals surface area contributed by atoms with Crippen molar-refractivity contribution in [2.24, 2.45) is 0 Å². The van der Waals surface area contributed by atoms with Crippen molar-refractivity contribution >= 4 is 29.1 Å². The van der Waals surface area contributed by atoms with E-state index in [2.05, 4.69) is 5.32 Å². The van der Waals surface area contributed by atoms with Gasteiger partial charge in [0, 0.05) is 6.04 Å². The van der Waals surface area contributed by atoms with E-state index in [4.69, 9.17) is 28.5 Å². The van der Waals surface area contributed by atoms with E-state index in [1.165, 1.54) is 0 Å². The van der Waals surface area contributed by atoms with Crippen molar-refractivity contribution in [3.63, 3.8) is 0 Å². The molecule has 0 aromatic heterocycles. The summed E-state index contributed by atoms with van der Waals surface area (Å²) in [6, 6.07) is 6.93. The maximum Gasteiger partial charge on any atom is 0.224 e. The number of nitrogens with one attached hydrogen (secondary N) is 1. The number of hydrogen-bond donors (Lipinski definition) is 1. The minimum Gasteiger partial charge on any atom is -0.352 e. The molecule has 1 N–H and O–H groups in total. The fourth-order valence-electron chi connectivity index (χ4n) is 1.35. The first-order valence-electron chi connectivity index (χ1n) is 5.13. The molecule has 0 saturated heterocycles. The van der Waals surface area contributed by atoms with E-state index in [1.54, 1.807) is 25.1 Å². The van der Waals surface area contributed by atoms with Crippen LogP contribution in [-0.2, 0) is 11.2 Å². The highest BCUT2D eigenvalue weighted by atomic mass is 35.5. The molecule has 1 unspecified atom stereocenters. The van der Waals surface area contributed by atoms with Crippen LogP contribution in [0.3, 0.4) is 0 Å². The van der Waals surface area contributed by atoms with Crippen molar-refractivity contribution < 1.29 is 4.79 Å². The Morgan fingerprint density at radius 3 is 2.76 bits per heavy atom. The number of carbonyl (C=O) groups is 1. The van der Waals surface area contributed by atoms with Gasteiger partial charge < -0.3 is 5.32 Å². The third-order valence-corrected chi connectivity index (χ3v) is 2.89. The molecule has 1 aromatic carbocycles. The van der Waals surface area contributed by atoms with Crippen LogP contribution in [-0.4, -0.2) is 11.9 Å². The Hall–Kier alpha value is -1.24. The highest BCUT2D eigenvalue weighted by Crippen LogP contribution is 2.22. The minimum absolute atomic E-state index is 0.133. The van der Waals surface area contributed by atoms with Gasteiger partial charge in [-0.25, -0.2) is 0 Å². The molecule has 0 bridgehead atoms. The van der Waals surface area contributed by atoms with Crippen LogP contribution in [0.25, 0.3) is 0 Å². The van der Waals surface area contributed by atoms with E-state index in [-0.39, 0.29) is 18.4 Å². The molecule has 0 heterocycles. The molecule has 17 heavy (non-hydrogen) atoms. The Bertz CT molecular complexity index is 454. The van der Waals surface area contributed by atoms with Crippen LogP contribution in [0, 0.1) is 11.3 Å². The molecule has 0 spiro atoms. The molecule has 1 amide bonds. The Morgan fingerprint density at radius 1 is 1.47 bits per heavy atom. The molecule has 1 aromatic rings. The predicted octanol–water partition coefficient (Wildman–Crippen LogP) is 2.95.